The van der Waals surface area contributed by atoms with Gasteiger partial charge in [-0.15, -0.1) is 0 Å². The maximum Gasteiger partial charge on any atom is 0.405 e. The highest BCUT2D eigenvalue weighted by Crippen LogP contribution is 2.17. The van der Waals surface area contributed by atoms with Crippen molar-refractivity contribution in [3.63, 3.8) is 0 Å². The van der Waals surface area contributed by atoms with Crippen molar-refractivity contribution in [2.75, 3.05) is 6.54 Å². The van der Waals surface area contributed by atoms with Crippen LogP contribution < -0.4 is 5.32 Å². The lowest BCUT2D eigenvalue weighted by atomic mass is 10.2. The van der Waals surface area contributed by atoms with Crippen molar-refractivity contribution in [2.24, 2.45) is 0 Å². The minimum Gasteiger partial charge on any atom is -0.343 e. The molecule has 0 aliphatic heterocycles. The summed E-state index contributed by atoms with van der Waals surface area (Å²) in [5.41, 5.74) is 0.508. The molecule has 0 aliphatic rings. The lowest BCUT2D eigenvalue weighted by Crippen LogP contribution is -2.33. The number of carbonyl (C=O) groups excluding carboxylic acids is 1. The first-order valence-electron chi connectivity index (χ1n) is 4.26. The van der Waals surface area contributed by atoms with Crippen LogP contribution in [-0.4, -0.2) is 23.6 Å². The zero-order chi connectivity index (χ0) is 12.3. The Bertz CT molecular complexity index is 406. The number of rotatable bonds is 2. The maximum absolute atomic E-state index is 11.8. The van der Waals surface area contributed by atoms with E-state index in [0.29, 0.717) is 5.69 Å². The van der Waals surface area contributed by atoms with Crippen molar-refractivity contribution >= 4 is 17.5 Å². The molecule has 88 valence electrons. The van der Waals surface area contributed by atoms with Crippen LogP contribution in [0.5, 0.6) is 0 Å². The summed E-state index contributed by atoms with van der Waals surface area (Å²) in [5.74, 6) is -0.894. The Hall–Kier alpha value is -1.30. The molecule has 0 spiro atoms. The van der Waals surface area contributed by atoms with Gasteiger partial charge in [0.05, 0.1) is 10.6 Å². The molecule has 3 nitrogen and oxygen atoms in total. The van der Waals surface area contributed by atoms with Crippen molar-refractivity contribution in [3.8, 4) is 0 Å². The molecule has 0 radical (unpaired) electrons. The lowest BCUT2D eigenvalue weighted by molar-refractivity contribution is -0.123. The number of nitrogens with one attached hydrogen (secondary N) is 1. The summed E-state index contributed by atoms with van der Waals surface area (Å²) in [6, 6.07) is 1.41. The summed E-state index contributed by atoms with van der Waals surface area (Å²) in [7, 11) is 0. The average molecular weight is 253 g/mol. The number of alkyl halides is 3. The molecule has 0 saturated carbocycles. The van der Waals surface area contributed by atoms with Gasteiger partial charge in [0.2, 0.25) is 0 Å². The van der Waals surface area contributed by atoms with E-state index in [4.69, 9.17) is 11.6 Å². The van der Waals surface area contributed by atoms with E-state index in [1.165, 1.54) is 6.07 Å². The third-order valence-corrected chi connectivity index (χ3v) is 2.00. The molecular formula is C9H8ClF3N2O. The lowest BCUT2D eigenvalue weighted by Gasteiger charge is -2.09. The van der Waals surface area contributed by atoms with Gasteiger partial charge in [-0.3, -0.25) is 9.78 Å². The maximum atomic E-state index is 11.8. The van der Waals surface area contributed by atoms with Crippen molar-refractivity contribution < 1.29 is 18.0 Å². The van der Waals surface area contributed by atoms with Gasteiger partial charge < -0.3 is 5.32 Å². The molecule has 0 saturated heterocycles. The second kappa shape index (κ2) is 4.69. The number of hydrogen-bond acceptors (Lipinski definition) is 2. The normalized spacial score (nSPS) is 11.3. The number of amides is 1. The highest BCUT2D eigenvalue weighted by Gasteiger charge is 2.28. The van der Waals surface area contributed by atoms with Crippen LogP contribution in [0.4, 0.5) is 13.2 Å². The van der Waals surface area contributed by atoms with Gasteiger partial charge in [-0.05, 0) is 13.0 Å². The summed E-state index contributed by atoms with van der Waals surface area (Å²) < 4.78 is 35.5. The third-order valence-electron chi connectivity index (χ3n) is 1.68. The summed E-state index contributed by atoms with van der Waals surface area (Å²) in [5, 5.41) is 1.79. The van der Waals surface area contributed by atoms with Crippen molar-refractivity contribution in [2.45, 2.75) is 13.1 Å². The zero-order valence-electron chi connectivity index (χ0n) is 8.23. The number of halogens is 4. The quantitative estimate of drug-likeness (QED) is 0.878. The monoisotopic (exact) mass is 252 g/mol. The van der Waals surface area contributed by atoms with Crippen LogP contribution in [0.1, 0.15) is 16.1 Å². The van der Waals surface area contributed by atoms with Gasteiger partial charge in [-0.25, -0.2) is 0 Å². The molecule has 0 bridgehead atoms. The smallest absolute Gasteiger partial charge is 0.343 e. The summed E-state index contributed by atoms with van der Waals surface area (Å²) >= 11 is 5.69. The molecule has 0 aromatic carbocycles. The van der Waals surface area contributed by atoms with Crippen LogP contribution in [-0.2, 0) is 0 Å². The highest BCUT2D eigenvalue weighted by atomic mass is 35.5. The molecule has 0 aliphatic carbocycles. The van der Waals surface area contributed by atoms with Crippen LogP contribution in [0.25, 0.3) is 0 Å². The number of nitrogens with zero attached hydrogens (tertiary/aromatic N) is 1. The van der Waals surface area contributed by atoms with E-state index < -0.39 is 18.6 Å². The Morgan fingerprint density at radius 2 is 2.19 bits per heavy atom. The summed E-state index contributed by atoms with van der Waals surface area (Å²) in [6.45, 7) is 0.263. The molecule has 1 N–H and O–H groups in total. The van der Waals surface area contributed by atoms with E-state index >= 15 is 0 Å². The Balaban J connectivity index is 2.74. The molecule has 1 heterocycles. The number of aryl methyl sites for hydroxylation is 1. The number of hydrogen-bond donors (Lipinski definition) is 1. The number of aromatic nitrogens is 1. The fourth-order valence-electron chi connectivity index (χ4n) is 0.969. The molecule has 0 unspecified atom stereocenters. The van der Waals surface area contributed by atoms with E-state index in [-0.39, 0.29) is 10.6 Å². The topological polar surface area (TPSA) is 42.0 Å². The molecule has 1 aromatic rings. The Labute approximate surface area is 94.6 Å². The van der Waals surface area contributed by atoms with Gasteiger partial charge in [0, 0.05) is 11.9 Å². The van der Waals surface area contributed by atoms with Gasteiger partial charge in [0.1, 0.15) is 6.54 Å². The first-order valence-corrected chi connectivity index (χ1v) is 4.64. The van der Waals surface area contributed by atoms with Gasteiger partial charge in [0.25, 0.3) is 5.91 Å². The van der Waals surface area contributed by atoms with Crippen molar-refractivity contribution in [3.05, 3.63) is 28.5 Å². The second-order valence-electron chi connectivity index (χ2n) is 3.10. The number of pyridine rings is 1. The second-order valence-corrected chi connectivity index (χ2v) is 3.51. The third kappa shape index (κ3) is 3.69. The summed E-state index contributed by atoms with van der Waals surface area (Å²) in [6.07, 6.45) is -3.30. The Morgan fingerprint density at radius 3 is 2.69 bits per heavy atom. The predicted octanol–water partition coefficient (Wildman–Crippen LogP) is 2.34. The predicted molar refractivity (Wildman–Crippen MR) is 52.4 cm³/mol. The fraction of sp³-hybridized carbons (Fsp3) is 0.333. The van der Waals surface area contributed by atoms with Crippen LogP contribution in [0.15, 0.2) is 12.3 Å². The van der Waals surface area contributed by atoms with E-state index in [9.17, 15) is 18.0 Å². The van der Waals surface area contributed by atoms with E-state index in [1.54, 1.807) is 12.2 Å². The zero-order valence-corrected chi connectivity index (χ0v) is 8.99. The van der Waals surface area contributed by atoms with E-state index in [2.05, 4.69) is 4.98 Å². The van der Waals surface area contributed by atoms with Crippen LogP contribution in [0, 0.1) is 6.92 Å². The van der Waals surface area contributed by atoms with Gasteiger partial charge in [0.15, 0.2) is 0 Å². The average Bonchev–Trinajstić information content (AvgIpc) is 2.13. The summed E-state index contributed by atoms with van der Waals surface area (Å²) in [4.78, 5) is 15.1. The van der Waals surface area contributed by atoms with Gasteiger partial charge in [-0.2, -0.15) is 13.2 Å². The minimum atomic E-state index is -4.44. The molecule has 1 rings (SSSR count). The van der Waals surface area contributed by atoms with Gasteiger partial charge in [-0.1, -0.05) is 11.6 Å². The molecular weight excluding hydrogens is 245 g/mol. The fourth-order valence-corrected chi connectivity index (χ4v) is 1.26. The first-order chi connectivity index (χ1) is 7.29. The van der Waals surface area contributed by atoms with E-state index in [0.717, 1.165) is 6.20 Å². The van der Waals surface area contributed by atoms with E-state index in [1.807, 2.05) is 0 Å². The van der Waals surface area contributed by atoms with Crippen molar-refractivity contribution in [1.82, 2.24) is 10.3 Å². The van der Waals surface area contributed by atoms with Crippen LogP contribution in [0.2, 0.25) is 5.02 Å². The molecule has 1 aromatic heterocycles. The van der Waals surface area contributed by atoms with Crippen LogP contribution in [0.3, 0.4) is 0 Å². The minimum absolute atomic E-state index is 0.0727. The Kier molecular flexibility index (Phi) is 3.74. The SMILES string of the molecule is Cc1cc(Cl)c(C(=O)NCC(F)(F)F)cn1. The molecule has 1 amide bonds. The van der Waals surface area contributed by atoms with Crippen LogP contribution >= 0.6 is 11.6 Å². The Morgan fingerprint density at radius 1 is 1.56 bits per heavy atom. The van der Waals surface area contributed by atoms with Gasteiger partial charge >= 0.3 is 6.18 Å². The first kappa shape index (κ1) is 12.8. The standard InChI is InChI=1S/C9H8ClF3N2O/c1-5-2-7(10)6(3-14-5)8(16)15-4-9(11,12)13/h2-3H,4H2,1H3,(H,15,16). The molecule has 7 heteroatoms. The largest absolute Gasteiger partial charge is 0.405 e. The molecule has 0 atom stereocenters. The molecule has 0 fully saturated rings. The highest BCUT2D eigenvalue weighted by molar-refractivity contribution is 6.33. The van der Waals surface area contributed by atoms with Crippen molar-refractivity contribution in [1.29, 1.82) is 0 Å². The number of carbonyl (C=O) groups is 1. The molecule has 16 heavy (non-hydrogen) atoms.